The molecule has 8 nitrogen and oxygen atoms in total. The molecule has 3 rings (SSSR count). The molecular formula is C18H15N3O5S. The highest BCUT2D eigenvalue weighted by molar-refractivity contribution is 8.00. The highest BCUT2D eigenvalue weighted by Gasteiger charge is 2.53. The first-order valence-corrected chi connectivity index (χ1v) is 9.02. The van der Waals surface area contributed by atoms with E-state index in [1.165, 1.54) is 23.9 Å². The third-order valence-electron chi connectivity index (χ3n) is 3.99. The summed E-state index contributed by atoms with van der Waals surface area (Å²) in [4.78, 5) is 37.2. The number of rotatable bonds is 6. The molecule has 1 unspecified atom stereocenters. The Morgan fingerprint density at radius 1 is 1.41 bits per heavy atom. The maximum atomic E-state index is 12.4. The molecule has 2 atom stereocenters. The van der Waals surface area contributed by atoms with Crippen LogP contribution in [0.4, 0.5) is 0 Å². The molecule has 0 aromatic heterocycles. The number of para-hydroxylation sites is 1. The summed E-state index contributed by atoms with van der Waals surface area (Å²) in [6, 6.07) is 9.78. The summed E-state index contributed by atoms with van der Waals surface area (Å²) in [5.41, 5.74) is 0.233. The van der Waals surface area contributed by atoms with Gasteiger partial charge in [0.1, 0.15) is 22.9 Å². The lowest BCUT2D eigenvalue weighted by molar-refractivity contribution is -0.150. The van der Waals surface area contributed by atoms with Gasteiger partial charge in [-0.1, -0.05) is 18.2 Å². The average Bonchev–Trinajstić information content (AvgIpc) is 2.68. The van der Waals surface area contributed by atoms with E-state index in [2.05, 4.69) is 5.32 Å². The van der Waals surface area contributed by atoms with E-state index < -0.39 is 29.2 Å². The van der Waals surface area contributed by atoms with Crippen molar-refractivity contribution in [3.63, 3.8) is 0 Å². The second-order valence-corrected chi connectivity index (χ2v) is 6.80. The quantitative estimate of drug-likeness (QED) is 0.551. The molecule has 2 amide bonds. The van der Waals surface area contributed by atoms with Gasteiger partial charge in [-0.2, -0.15) is 5.26 Å². The van der Waals surface area contributed by atoms with E-state index in [-0.39, 0.29) is 12.3 Å². The Balaban J connectivity index is 1.65. The summed E-state index contributed by atoms with van der Waals surface area (Å²) in [5.74, 6) is -1.36. The molecule has 138 valence electrons. The summed E-state index contributed by atoms with van der Waals surface area (Å²) in [6.07, 6.45) is 2.56. The van der Waals surface area contributed by atoms with Crippen LogP contribution in [0.1, 0.15) is 0 Å². The predicted octanol–water partition coefficient (Wildman–Crippen LogP) is 0.884. The summed E-state index contributed by atoms with van der Waals surface area (Å²) in [6.45, 7) is -0.247. The number of allylic oxidation sites excluding steroid dienone is 2. The van der Waals surface area contributed by atoms with Gasteiger partial charge in [-0.3, -0.25) is 14.5 Å². The number of carboxylic acids is 1. The van der Waals surface area contributed by atoms with Crippen molar-refractivity contribution < 1.29 is 24.2 Å². The molecule has 0 bridgehead atoms. The summed E-state index contributed by atoms with van der Waals surface area (Å²) in [7, 11) is 0. The molecule has 1 saturated heterocycles. The van der Waals surface area contributed by atoms with Crippen molar-refractivity contribution in [1.29, 1.82) is 5.26 Å². The molecule has 0 aliphatic carbocycles. The van der Waals surface area contributed by atoms with Crippen LogP contribution in [0.25, 0.3) is 0 Å². The predicted molar refractivity (Wildman–Crippen MR) is 96.4 cm³/mol. The van der Waals surface area contributed by atoms with Gasteiger partial charge in [0.15, 0.2) is 6.61 Å². The fourth-order valence-corrected chi connectivity index (χ4v) is 4.11. The Bertz CT molecular complexity index is 875. The number of carbonyl (C=O) groups is 3. The van der Waals surface area contributed by atoms with E-state index >= 15 is 0 Å². The highest BCUT2D eigenvalue weighted by Crippen LogP contribution is 2.40. The van der Waals surface area contributed by atoms with Crippen molar-refractivity contribution in [1.82, 2.24) is 10.2 Å². The van der Waals surface area contributed by atoms with Crippen molar-refractivity contribution in [3.8, 4) is 11.8 Å². The number of benzene rings is 1. The van der Waals surface area contributed by atoms with Crippen molar-refractivity contribution in [2.24, 2.45) is 0 Å². The molecule has 2 aliphatic rings. The molecule has 1 fully saturated rings. The van der Waals surface area contributed by atoms with Crippen LogP contribution in [0.3, 0.4) is 0 Å². The van der Waals surface area contributed by atoms with E-state index in [4.69, 9.17) is 10.00 Å². The molecule has 2 heterocycles. The summed E-state index contributed by atoms with van der Waals surface area (Å²) < 4.78 is 5.34. The Morgan fingerprint density at radius 2 is 2.15 bits per heavy atom. The first-order valence-electron chi connectivity index (χ1n) is 7.97. The fourth-order valence-electron chi connectivity index (χ4n) is 2.79. The number of carboxylic acid groups (broad SMARTS) is 1. The molecule has 0 saturated carbocycles. The summed E-state index contributed by atoms with van der Waals surface area (Å²) in [5, 5.41) is 20.2. The van der Waals surface area contributed by atoms with Crippen molar-refractivity contribution >= 4 is 29.5 Å². The van der Waals surface area contributed by atoms with E-state index in [0.29, 0.717) is 17.1 Å². The number of aliphatic carboxylic acids is 1. The Hall–Kier alpha value is -3.25. The number of amides is 2. The van der Waals surface area contributed by atoms with Crippen molar-refractivity contribution in [2.45, 2.75) is 11.4 Å². The molecule has 2 aliphatic heterocycles. The van der Waals surface area contributed by atoms with Crippen LogP contribution in [-0.2, 0) is 14.4 Å². The number of nitrogens with one attached hydrogen (secondary N) is 1. The maximum absolute atomic E-state index is 12.4. The zero-order chi connectivity index (χ0) is 19.4. The first kappa shape index (κ1) is 18.5. The van der Waals surface area contributed by atoms with Gasteiger partial charge in [-0.15, -0.1) is 11.8 Å². The van der Waals surface area contributed by atoms with Gasteiger partial charge in [0, 0.05) is 11.8 Å². The number of carbonyl (C=O) groups excluding carboxylic acids is 2. The minimum atomic E-state index is -1.25. The lowest BCUT2D eigenvalue weighted by Crippen LogP contribution is -2.70. The third kappa shape index (κ3) is 3.80. The number of hydrogen-bond donors (Lipinski definition) is 2. The van der Waals surface area contributed by atoms with E-state index in [0.717, 1.165) is 4.90 Å². The number of nitriles is 1. The Kier molecular flexibility index (Phi) is 5.47. The van der Waals surface area contributed by atoms with Crippen LogP contribution < -0.4 is 10.1 Å². The SMILES string of the molecule is N#CC=CC1=C(C(=O)O)N2C(=O)C(NC(=O)COc3ccccc3)[C@@H]2SC1. The lowest BCUT2D eigenvalue weighted by Gasteiger charge is -2.49. The molecule has 1 aromatic carbocycles. The van der Waals surface area contributed by atoms with Crippen LogP contribution in [0.5, 0.6) is 5.75 Å². The first-order chi connectivity index (χ1) is 13.0. The number of hydrogen-bond acceptors (Lipinski definition) is 6. The van der Waals surface area contributed by atoms with Crippen LogP contribution in [0, 0.1) is 11.3 Å². The van der Waals surface area contributed by atoms with Gasteiger partial charge in [0.2, 0.25) is 0 Å². The minimum absolute atomic E-state index is 0.152. The molecule has 2 N–H and O–H groups in total. The minimum Gasteiger partial charge on any atom is -0.484 e. The van der Waals surface area contributed by atoms with E-state index in [1.54, 1.807) is 30.3 Å². The second kappa shape index (κ2) is 7.97. The zero-order valence-corrected chi connectivity index (χ0v) is 14.8. The standard InChI is InChI=1S/C18H15N3O5S/c19-8-4-5-11-10-27-17-14(16(23)21(17)15(11)18(24)25)20-13(22)9-26-12-6-2-1-3-7-12/h1-7,14,17H,9-10H2,(H,20,22)(H,24,25)/t14?,17-/m0/s1. The monoisotopic (exact) mass is 385 g/mol. The molecule has 0 radical (unpaired) electrons. The smallest absolute Gasteiger partial charge is 0.352 e. The fraction of sp³-hybridized carbons (Fsp3) is 0.222. The third-order valence-corrected chi connectivity index (χ3v) is 5.29. The average molecular weight is 385 g/mol. The molecule has 27 heavy (non-hydrogen) atoms. The van der Waals surface area contributed by atoms with Gasteiger partial charge >= 0.3 is 5.97 Å². The van der Waals surface area contributed by atoms with Gasteiger partial charge < -0.3 is 15.2 Å². The number of fused-ring (bicyclic) bond motifs is 1. The number of ether oxygens (including phenoxy) is 1. The van der Waals surface area contributed by atoms with Gasteiger partial charge in [0.05, 0.1) is 6.07 Å². The van der Waals surface area contributed by atoms with Gasteiger partial charge in [0.25, 0.3) is 11.8 Å². The number of thioether (sulfide) groups is 1. The second-order valence-electron chi connectivity index (χ2n) is 5.70. The van der Waals surface area contributed by atoms with Gasteiger partial charge in [-0.05, 0) is 23.8 Å². The number of β-lactam (4-membered cyclic amide) rings is 1. The molecule has 0 spiro atoms. The molecular weight excluding hydrogens is 370 g/mol. The van der Waals surface area contributed by atoms with Crippen molar-refractivity contribution in [3.05, 3.63) is 53.8 Å². The molecule has 1 aromatic rings. The zero-order valence-electron chi connectivity index (χ0n) is 14.0. The normalized spacial score (nSPS) is 21.3. The molecule has 9 heteroatoms. The van der Waals surface area contributed by atoms with E-state index in [1.807, 2.05) is 6.07 Å². The van der Waals surface area contributed by atoms with Crippen LogP contribution in [-0.4, -0.2) is 51.6 Å². The van der Waals surface area contributed by atoms with Crippen LogP contribution in [0.15, 0.2) is 53.8 Å². The Morgan fingerprint density at radius 3 is 2.81 bits per heavy atom. The highest BCUT2D eigenvalue weighted by atomic mass is 32.2. The number of nitrogens with zero attached hydrogens (tertiary/aromatic N) is 2. The maximum Gasteiger partial charge on any atom is 0.352 e. The van der Waals surface area contributed by atoms with Crippen LogP contribution >= 0.6 is 11.8 Å². The van der Waals surface area contributed by atoms with Gasteiger partial charge in [-0.25, -0.2) is 4.79 Å². The Labute approximate surface area is 159 Å². The lowest BCUT2D eigenvalue weighted by atomic mass is 10.0. The largest absolute Gasteiger partial charge is 0.484 e. The van der Waals surface area contributed by atoms with Crippen LogP contribution in [0.2, 0.25) is 0 Å². The topological polar surface area (TPSA) is 120 Å². The summed E-state index contributed by atoms with van der Waals surface area (Å²) >= 11 is 1.33. The van der Waals surface area contributed by atoms with E-state index in [9.17, 15) is 19.5 Å². The van der Waals surface area contributed by atoms with Crippen molar-refractivity contribution in [2.75, 3.05) is 12.4 Å².